The number of benzene rings is 1. The van der Waals surface area contributed by atoms with Gasteiger partial charge in [-0.25, -0.2) is 0 Å². The molecule has 94 valence electrons. The standard InChI is InChI=1S/C13H19BrN2O/c1-3-4-8-15-12(17)9-16-11-7-5-6-10(2)13(11)14/h5-7,16H,3-4,8-9H2,1-2H3,(H,15,17). The molecule has 0 aliphatic carbocycles. The molecule has 0 spiro atoms. The molecular formula is C13H19BrN2O. The van der Waals surface area contributed by atoms with Crippen LogP contribution in [0.2, 0.25) is 0 Å². The van der Waals surface area contributed by atoms with Crippen molar-refractivity contribution in [1.82, 2.24) is 5.32 Å². The van der Waals surface area contributed by atoms with Crippen LogP contribution in [0, 0.1) is 6.92 Å². The number of halogens is 1. The summed E-state index contributed by atoms with van der Waals surface area (Å²) in [5, 5.41) is 5.99. The first-order valence-electron chi connectivity index (χ1n) is 5.90. The lowest BCUT2D eigenvalue weighted by Crippen LogP contribution is -2.30. The number of amides is 1. The van der Waals surface area contributed by atoms with Crippen molar-refractivity contribution in [1.29, 1.82) is 0 Å². The highest BCUT2D eigenvalue weighted by Gasteiger charge is 2.04. The van der Waals surface area contributed by atoms with Gasteiger partial charge in [-0.1, -0.05) is 25.5 Å². The Hall–Kier alpha value is -1.03. The fraction of sp³-hybridized carbons (Fsp3) is 0.462. The molecule has 0 bridgehead atoms. The van der Waals surface area contributed by atoms with Crippen LogP contribution in [-0.2, 0) is 4.79 Å². The molecule has 0 saturated heterocycles. The van der Waals surface area contributed by atoms with E-state index in [1.165, 1.54) is 0 Å². The van der Waals surface area contributed by atoms with Crippen molar-refractivity contribution in [2.75, 3.05) is 18.4 Å². The SMILES string of the molecule is CCCCNC(=O)CNc1cccc(C)c1Br. The van der Waals surface area contributed by atoms with Gasteiger partial charge in [0, 0.05) is 16.7 Å². The molecule has 17 heavy (non-hydrogen) atoms. The fourth-order valence-corrected chi connectivity index (χ4v) is 1.83. The minimum absolute atomic E-state index is 0.0341. The molecule has 0 aliphatic heterocycles. The van der Waals surface area contributed by atoms with Crippen LogP contribution in [0.3, 0.4) is 0 Å². The summed E-state index contributed by atoms with van der Waals surface area (Å²) in [5.41, 5.74) is 2.11. The molecule has 0 aliphatic rings. The molecule has 1 aromatic rings. The van der Waals surface area contributed by atoms with Gasteiger partial charge in [0.2, 0.25) is 5.91 Å². The number of carbonyl (C=O) groups excluding carboxylic acids is 1. The smallest absolute Gasteiger partial charge is 0.239 e. The zero-order valence-electron chi connectivity index (χ0n) is 10.3. The third-order valence-corrected chi connectivity index (χ3v) is 3.54. The zero-order valence-corrected chi connectivity index (χ0v) is 11.9. The summed E-state index contributed by atoms with van der Waals surface area (Å²) in [6.45, 7) is 5.20. The van der Waals surface area contributed by atoms with E-state index in [1.54, 1.807) is 0 Å². The van der Waals surface area contributed by atoms with Crippen LogP contribution in [0.1, 0.15) is 25.3 Å². The average molecular weight is 299 g/mol. The number of rotatable bonds is 6. The minimum atomic E-state index is 0.0341. The molecule has 0 radical (unpaired) electrons. The highest BCUT2D eigenvalue weighted by molar-refractivity contribution is 9.10. The second kappa shape index (κ2) is 7.33. The Morgan fingerprint density at radius 3 is 2.88 bits per heavy atom. The maximum absolute atomic E-state index is 11.5. The minimum Gasteiger partial charge on any atom is -0.375 e. The van der Waals surface area contributed by atoms with Crippen LogP contribution in [0.5, 0.6) is 0 Å². The van der Waals surface area contributed by atoms with E-state index in [9.17, 15) is 4.79 Å². The first-order valence-corrected chi connectivity index (χ1v) is 6.70. The molecule has 0 fully saturated rings. The van der Waals surface area contributed by atoms with Gasteiger partial charge in [-0.15, -0.1) is 0 Å². The summed E-state index contributed by atoms with van der Waals surface area (Å²) in [6, 6.07) is 5.95. The van der Waals surface area contributed by atoms with Gasteiger partial charge in [0.1, 0.15) is 0 Å². The van der Waals surface area contributed by atoms with E-state index in [-0.39, 0.29) is 5.91 Å². The predicted octanol–water partition coefficient (Wildman–Crippen LogP) is 3.09. The molecule has 1 amide bonds. The normalized spacial score (nSPS) is 10.1. The topological polar surface area (TPSA) is 41.1 Å². The van der Waals surface area contributed by atoms with Gasteiger partial charge in [-0.3, -0.25) is 4.79 Å². The zero-order chi connectivity index (χ0) is 12.7. The van der Waals surface area contributed by atoms with Crippen molar-refractivity contribution in [2.45, 2.75) is 26.7 Å². The van der Waals surface area contributed by atoms with E-state index in [0.29, 0.717) is 6.54 Å². The Bertz CT molecular complexity index is 380. The van der Waals surface area contributed by atoms with Crippen LogP contribution in [0.25, 0.3) is 0 Å². The number of anilines is 1. The number of carbonyl (C=O) groups is 1. The number of nitrogens with one attached hydrogen (secondary N) is 2. The summed E-state index contributed by atoms with van der Waals surface area (Å²) in [6.07, 6.45) is 2.12. The fourth-order valence-electron chi connectivity index (χ4n) is 1.43. The summed E-state index contributed by atoms with van der Waals surface area (Å²) < 4.78 is 1.02. The van der Waals surface area contributed by atoms with Gasteiger partial charge in [0.05, 0.1) is 6.54 Å². The number of hydrogen-bond donors (Lipinski definition) is 2. The summed E-state index contributed by atoms with van der Waals surface area (Å²) >= 11 is 3.50. The van der Waals surface area contributed by atoms with Gasteiger partial charge >= 0.3 is 0 Å². The van der Waals surface area contributed by atoms with Gasteiger partial charge in [-0.2, -0.15) is 0 Å². The van der Waals surface area contributed by atoms with Crippen LogP contribution in [-0.4, -0.2) is 19.0 Å². The van der Waals surface area contributed by atoms with Gasteiger partial charge in [-0.05, 0) is 40.9 Å². The van der Waals surface area contributed by atoms with E-state index in [1.807, 2.05) is 25.1 Å². The van der Waals surface area contributed by atoms with Crippen molar-refractivity contribution in [2.24, 2.45) is 0 Å². The van der Waals surface area contributed by atoms with Crippen molar-refractivity contribution in [3.8, 4) is 0 Å². The van der Waals surface area contributed by atoms with Crippen molar-refractivity contribution in [3.63, 3.8) is 0 Å². The molecule has 0 aromatic heterocycles. The van der Waals surface area contributed by atoms with Crippen molar-refractivity contribution < 1.29 is 4.79 Å². The molecule has 0 unspecified atom stereocenters. The first kappa shape index (κ1) is 14.0. The number of unbranched alkanes of at least 4 members (excludes halogenated alkanes) is 1. The van der Waals surface area contributed by atoms with Gasteiger partial charge < -0.3 is 10.6 Å². The Balaban J connectivity index is 2.39. The third-order valence-electron chi connectivity index (χ3n) is 2.48. The Morgan fingerprint density at radius 1 is 1.41 bits per heavy atom. The number of hydrogen-bond acceptors (Lipinski definition) is 2. The van der Waals surface area contributed by atoms with E-state index in [4.69, 9.17) is 0 Å². The Kier molecular flexibility index (Phi) is 6.05. The molecule has 1 aromatic carbocycles. The summed E-state index contributed by atoms with van der Waals surface area (Å²) in [5.74, 6) is 0.0341. The molecule has 0 atom stereocenters. The van der Waals surface area contributed by atoms with E-state index in [2.05, 4.69) is 33.5 Å². The Labute approximate surface area is 111 Å². The van der Waals surface area contributed by atoms with Crippen LogP contribution in [0.15, 0.2) is 22.7 Å². The quantitative estimate of drug-likeness (QED) is 0.793. The van der Waals surface area contributed by atoms with Crippen molar-refractivity contribution in [3.05, 3.63) is 28.2 Å². The molecule has 3 nitrogen and oxygen atoms in total. The maximum Gasteiger partial charge on any atom is 0.239 e. The van der Waals surface area contributed by atoms with Gasteiger partial charge in [0.25, 0.3) is 0 Å². The molecular weight excluding hydrogens is 280 g/mol. The highest BCUT2D eigenvalue weighted by Crippen LogP contribution is 2.25. The molecule has 4 heteroatoms. The maximum atomic E-state index is 11.5. The van der Waals surface area contributed by atoms with Crippen LogP contribution in [0.4, 0.5) is 5.69 Å². The van der Waals surface area contributed by atoms with E-state index >= 15 is 0 Å². The third kappa shape index (κ3) is 4.77. The second-order valence-corrected chi connectivity index (χ2v) is 4.79. The predicted molar refractivity (Wildman–Crippen MR) is 75.3 cm³/mol. The highest BCUT2D eigenvalue weighted by atomic mass is 79.9. The molecule has 0 saturated carbocycles. The van der Waals surface area contributed by atoms with Crippen LogP contribution >= 0.6 is 15.9 Å². The van der Waals surface area contributed by atoms with E-state index < -0.39 is 0 Å². The Morgan fingerprint density at radius 2 is 2.18 bits per heavy atom. The largest absolute Gasteiger partial charge is 0.375 e. The van der Waals surface area contributed by atoms with Crippen molar-refractivity contribution >= 4 is 27.5 Å². The lowest BCUT2D eigenvalue weighted by Gasteiger charge is -2.10. The lowest BCUT2D eigenvalue weighted by molar-refractivity contribution is -0.119. The number of aryl methyl sites for hydroxylation is 1. The second-order valence-electron chi connectivity index (χ2n) is 3.99. The summed E-state index contributed by atoms with van der Waals surface area (Å²) in [7, 11) is 0. The van der Waals surface area contributed by atoms with Crippen LogP contribution < -0.4 is 10.6 Å². The molecule has 2 N–H and O–H groups in total. The molecule has 0 heterocycles. The monoisotopic (exact) mass is 298 g/mol. The molecule has 1 rings (SSSR count). The van der Waals surface area contributed by atoms with Gasteiger partial charge in [0.15, 0.2) is 0 Å². The first-order chi connectivity index (χ1) is 8.15. The lowest BCUT2D eigenvalue weighted by atomic mass is 10.2. The average Bonchev–Trinajstić information content (AvgIpc) is 2.31. The summed E-state index contributed by atoms with van der Waals surface area (Å²) in [4.78, 5) is 11.5. The van der Waals surface area contributed by atoms with E-state index in [0.717, 1.165) is 35.1 Å².